The number of hydrogen-bond acceptors (Lipinski definition) is 0. The van der Waals surface area contributed by atoms with E-state index in [0.29, 0.717) is 0 Å². The summed E-state index contributed by atoms with van der Waals surface area (Å²) in [5.74, 6) is 0. The van der Waals surface area contributed by atoms with Crippen LogP contribution in [0, 0.1) is 0 Å². The first-order valence-corrected chi connectivity index (χ1v) is 27.7. The fourth-order valence-corrected chi connectivity index (χ4v) is 14.9. The fourth-order valence-electron chi connectivity index (χ4n) is 14.9. The van der Waals surface area contributed by atoms with Crippen molar-refractivity contribution in [3.63, 3.8) is 0 Å². The van der Waals surface area contributed by atoms with Crippen LogP contribution in [-0.2, 0) is 0 Å². The van der Waals surface area contributed by atoms with Gasteiger partial charge >= 0.3 is 0 Å². The summed E-state index contributed by atoms with van der Waals surface area (Å²) >= 11 is 0. The molecule has 0 aliphatic heterocycles. The lowest BCUT2D eigenvalue weighted by Gasteiger charge is -2.62. The lowest BCUT2D eigenvalue weighted by Crippen LogP contribution is -3.00. The molecule has 0 aromatic carbocycles. The number of rotatable bonds is 40. The molecule has 0 rings (SSSR count). The molecule has 0 atom stereocenters. The highest BCUT2D eigenvalue weighted by molar-refractivity contribution is 8.42. The molecular formula is B84. The second-order valence-electron chi connectivity index (χ2n) is 23.7. The van der Waals surface area contributed by atoms with Crippen molar-refractivity contribution in [1.29, 1.82) is 0 Å². The third-order valence-corrected chi connectivity index (χ3v) is 17.8. The van der Waals surface area contributed by atoms with Crippen molar-refractivity contribution in [2.75, 3.05) is 0 Å². The molecule has 0 aromatic rings. The summed E-state index contributed by atoms with van der Waals surface area (Å²) in [4.78, 5) is 0. The minimum absolute atomic E-state index is 1.58. The second-order valence-corrected chi connectivity index (χ2v) is 23.7. The topological polar surface area (TPSA) is 0 Å². The summed E-state index contributed by atoms with van der Waals surface area (Å²) < 4.78 is 0. The summed E-state index contributed by atoms with van der Waals surface area (Å²) in [6, 6.07) is 0. The maximum atomic E-state index is 7.39. The predicted octanol–water partition coefficient (Wildman–Crippen LogP) is -32.0. The molecule has 0 nitrogen and oxygen atoms in total. The van der Waals surface area contributed by atoms with Crippen molar-refractivity contribution >= 4 is 594 Å². The van der Waals surface area contributed by atoms with Crippen LogP contribution < -0.4 is 0 Å². The molecule has 84 heavy (non-hydrogen) atoms. The zero-order valence-corrected chi connectivity index (χ0v) is 48.5. The zero-order chi connectivity index (χ0) is 66.7. The average molecular weight is 908 g/mol. The molecule has 0 fully saturated rings. The summed E-state index contributed by atoms with van der Waals surface area (Å²) in [6.07, 6.45) is -70.8. The van der Waals surface area contributed by atoms with Crippen molar-refractivity contribution in [3.8, 4) is 0 Å². The Labute approximate surface area is 588 Å². The summed E-state index contributed by atoms with van der Waals surface area (Å²) in [7, 11) is 297. The Morgan fingerprint density at radius 1 is 0.0714 bits per heavy atom. The van der Waals surface area contributed by atoms with Gasteiger partial charge in [-0.1, -0.05) is 0 Å². The lowest BCUT2D eigenvalue weighted by atomic mass is 8.20. The average Bonchev–Trinajstić information content (AvgIpc) is 3.26. The third kappa shape index (κ3) is 23.9. The first-order chi connectivity index (χ1) is 38.2. The van der Waals surface area contributed by atoms with E-state index in [-0.39, 0.29) is 0 Å². The first kappa shape index (κ1) is 89.5. The number of hydrogen-bond donors (Lipinski definition) is 0. The largest absolute Gasteiger partial charge is 0 e. The van der Waals surface area contributed by atoms with Gasteiger partial charge in [0.15, 0.2) is 0 Å². The molecule has 0 bridgehead atoms. The molecule has 0 amide bonds. The standard InChI is InChI=1S/B84/c1-44(2)65(43)76(66(45(3)4)46(5)6)81(75(63(39)40)64(41)42)84(82(77(67(47(7)8)48(9)10)68(49(11)12)50(13)14)78(69(51(15)16)52(17)18)70(53(19)20)54(21)22)83(79(71(55(23)24)56(25)26)72(57(27)28)58(29)30)80(73(59(31)32)60(33)34)74(61(35)36)62(37)38. The SMILES string of the molecule is [B]B([B])B([B])B(B(B([B])[B])B([B])[B])B(B(B([B])[B])B([B])[B])B(B(B(B(B([B])[B])B([B])[B])B(B([B])[B])B([B])[B])B(B(B([B])[B])B([B])[B])B(B([B])[B])B([B])[B])B(B(B(B([B])[B])B([B])[B])B(B([B])[B])B([B])[B])B(B(B([B])[B])B([B])[B])B(B([B])[B])B([B])[B]. The van der Waals surface area contributed by atoms with Crippen LogP contribution in [0.1, 0.15) is 0 Å². The van der Waals surface area contributed by atoms with Gasteiger partial charge < -0.3 is 0 Å². The third-order valence-electron chi connectivity index (χ3n) is 17.8. The van der Waals surface area contributed by atoms with E-state index in [0.717, 1.165) is 0 Å². The minimum atomic E-state index is -2.01. The molecule has 84 heteroatoms. The summed E-state index contributed by atoms with van der Waals surface area (Å²) in [6.45, 7) is 0. The van der Waals surface area contributed by atoms with E-state index in [1.807, 2.05) is 0 Å². The van der Waals surface area contributed by atoms with Crippen molar-refractivity contribution in [2.45, 2.75) is 0 Å². The van der Waals surface area contributed by atoms with Gasteiger partial charge in [0.1, 0.15) is 0 Å². The Bertz CT molecular complexity index is 1330. The van der Waals surface area contributed by atoms with Crippen LogP contribution in [0.2, 0.25) is 0 Å². The van der Waals surface area contributed by atoms with Gasteiger partial charge in [-0.2, -0.15) is 0 Å². The molecule has 0 saturated carbocycles. The summed E-state index contributed by atoms with van der Waals surface area (Å²) in [5, 5.41) is 0. The molecule has 0 heterocycles. The lowest BCUT2D eigenvalue weighted by molar-refractivity contribution is 3.14. The molecule has 86 radical (unpaired) electrons. The highest BCUT2D eigenvalue weighted by Gasteiger charge is 2.66. The Morgan fingerprint density at radius 2 is 0.143 bits per heavy atom. The van der Waals surface area contributed by atoms with Crippen LogP contribution in [0.15, 0.2) is 0 Å². The maximum Gasteiger partial charge on any atom is 0 e. The van der Waals surface area contributed by atoms with Crippen molar-refractivity contribution in [1.82, 2.24) is 0 Å². The van der Waals surface area contributed by atoms with Gasteiger partial charge in [-0.25, -0.2) is 0 Å². The molecular weight excluding hydrogens is 908 g/mol. The van der Waals surface area contributed by atoms with Gasteiger partial charge in [-0.05, 0) is 0 Å². The van der Waals surface area contributed by atoms with Gasteiger partial charge in [-0.3, -0.25) is 0 Å². The second kappa shape index (κ2) is 41.0. The van der Waals surface area contributed by atoms with Crippen LogP contribution in [0.5, 0.6) is 0 Å². The molecule has 0 aliphatic rings. The van der Waals surface area contributed by atoms with E-state index in [1.165, 1.54) is 0 Å². The Balaban J connectivity index is 13.1. The Morgan fingerprint density at radius 3 is 0.226 bits per heavy atom. The Hall–Kier alpha value is 5.45. The first-order valence-electron chi connectivity index (χ1n) is 27.7. The molecule has 0 spiro atoms. The molecule has 0 aliphatic carbocycles. The maximum absolute atomic E-state index is 7.39. The highest BCUT2D eigenvalue weighted by atomic mass is 13.5. The van der Waals surface area contributed by atoms with E-state index in [4.69, 9.17) is 333 Å². The van der Waals surface area contributed by atoms with E-state index in [2.05, 4.69) is 0 Å². The van der Waals surface area contributed by atoms with Crippen molar-refractivity contribution in [2.24, 2.45) is 0 Å². The Kier molecular flexibility index (Phi) is 43.7. The van der Waals surface area contributed by atoms with E-state index < -0.39 is 262 Å². The quantitative estimate of drug-likeness (QED) is 0.0538. The van der Waals surface area contributed by atoms with E-state index in [1.54, 1.807) is 0 Å². The van der Waals surface area contributed by atoms with Crippen molar-refractivity contribution in [3.05, 3.63) is 0 Å². The van der Waals surface area contributed by atoms with Crippen molar-refractivity contribution < 1.29 is 0 Å². The van der Waals surface area contributed by atoms with Gasteiger partial charge in [0.25, 0.3) is 0 Å². The van der Waals surface area contributed by atoms with Crippen LogP contribution in [0.4, 0.5) is 0 Å². The smallest absolute Gasteiger partial charge is 0 e. The zero-order valence-electron chi connectivity index (χ0n) is 48.5. The normalized spacial score (nSPS) is 9.81. The molecule has 0 saturated heterocycles. The highest BCUT2D eigenvalue weighted by Crippen LogP contribution is 2.28. The van der Waals surface area contributed by atoms with Gasteiger partial charge in [0.05, 0.1) is 0 Å². The van der Waals surface area contributed by atoms with Gasteiger partial charge in [0.2, 0.25) is 0 Å². The van der Waals surface area contributed by atoms with E-state index in [9.17, 15) is 0 Å². The molecule has 0 unspecified atom stereocenters. The minimum Gasteiger partial charge on any atom is 0 e. The fraction of sp³-hybridized carbons (Fsp3) is 0. The summed E-state index contributed by atoms with van der Waals surface area (Å²) in [5.41, 5.74) is 0. The van der Waals surface area contributed by atoms with Crippen LogP contribution in [-0.4, -0.2) is 594 Å². The molecule has 0 aromatic heterocycles. The predicted molar refractivity (Wildman–Crippen MR) is 483 cm³/mol. The molecule has 252 valence electrons. The van der Waals surface area contributed by atoms with E-state index >= 15 is 0 Å². The molecule has 0 N–H and O–H groups in total. The monoisotopic (exact) mass is 925 g/mol. The van der Waals surface area contributed by atoms with Crippen LogP contribution in [0.25, 0.3) is 0 Å². The van der Waals surface area contributed by atoms with Gasteiger partial charge in [-0.15, -0.1) is 0 Å². The van der Waals surface area contributed by atoms with Gasteiger partial charge in [0, 0.05) is 594 Å². The van der Waals surface area contributed by atoms with Crippen LogP contribution in [0.3, 0.4) is 0 Å². The van der Waals surface area contributed by atoms with Crippen LogP contribution >= 0.6 is 0 Å².